The number of benzene rings is 1. The topological polar surface area (TPSA) is 45.0 Å². The minimum Gasteiger partial charge on any atom is -0.377 e. The van der Waals surface area contributed by atoms with Crippen molar-refractivity contribution in [2.24, 2.45) is 0 Å². The first-order chi connectivity index (χ1) is 8.72. The molecule has 0 amide bonds. The lowest BCUT2D eigenvalue weighted by Crippen LogP contribution is -2.29. The Balaban J connectivity index is 2.06. The molecule has 1 N–H and O–H groups in total. The van der Waals surface area contributed by atoms with Gasteiger partial charge in [-0.05, 0) is 25.0 Å². The summed E-state index contributed by atoms with van der Waals surface area (Å²) in [5.74, 6) is 0. The average molecular weight is 285 g/mol. The first kappa shape index (κ1) is 13.6. The summed E-state index contributed by atoms with van der Waals surface area (Å²) in [6.07, 6.45) is 2.29. The standard InChI is InChI=1S/C13H14Cl2N2O/c14-10-4-1-5-11(15)13(10)12(7-16)17-8-9-3-2-6-18-9/h1,4-5,9,12,17H,2-3,6,8H2. The summed E-state index contributed by atoms with van der Waals surface area (Å²) in [5, 5.41) is 13.4. The van der Waals surface area contributed by atoms with Gasteiger partial charge in [-0.2, -0.15) is 5.26 Å². The van der Waals surface area contributed by atoms with E-state index in [0.29, 0.717) is 22.2 Å². The van der Waals surface area contributed by atoms with Crippen LogP contribution in [-0.4, -0.2) is 19.3 Å². The summed E-state index contributed by atoms with van der Waals surface area (Å²) >= 11 is 12.2. The highest BCUT2D eigenvalue weighted by molar-refractivity contribution is 6.36. The Bertz CT molecular complexity index is 433. The second-order valence-electron chi connectivity index (χ2n) is 4.24. The van der Waals surface area contributed by atoms with Gasteiger partial charge in [0.15, 0.2) is 0 Å². The lowest BCUT2D eigenvalue weighted by molar-refractivity contribution is 0.109. The van der Waals surface area contributed by atoms with Crippen LogP contribution in [0.2, 0.25) is 10.0 Å². The SMILES string of the molecule is N#CC(NCC1CCCO1)c1c(Cl)cccc1Cl. The van der Waals surface area contributed by atoms with Crippen molar-refractivity contribution in [2.45, 2.75) is 25.0 Å². The van der Waals surface area contributed by atoms with Gasteiger partial charge in [-0.3, -0.25) is 5.32 Å². The molecule has 0 spiro atoms. The van der Waals surface area contributed by atoms with Gasteiger partial charge in [0, 0.05) is 28.8 Å². The third kappa shape index (κ3) is 3.15. The second-order valence-corrected chi connectivity index (χ2v) is 5.06. The largest absolute Gasteiger partial charge is 0.377 e. The number of halogens is 2. The lowest BCUT2D eigenvalue weighted by Gasteiger charge is -2.17. The number of nitrogens with zero attached hydrogens (tertiary/aromatic N) is 1. The third-order valence-corrected chi connectivity index (χ3v) is 3.65. The second kappa shape index (κ2) is 6.40. The molecular weight excluding hydrogens is 271 g/mol. The molecule has 2 rings (SSSR count). The van der Waals surface area contributed by atoms with Crippen molar-refractivity contribution in [1.82, 2.24) is 5.32 Å². The monoisotopic (exact) mass is 284 g/mol. The Labute approximate surface area is 117 Å². The molecule has 0 bridgehead atoms. The van der Waals surface area contributed by atoms with Crippen LogP contribution in [0, 0.1) is 11.3 Å². The molecule has 18 heavy (non-hydrogen) atoms. The molecule has 0 aliphatic carbocycles. The highest BCUT2D eigenvalue weighted by Crippen LogP contribution is 2.30. The van der Waals surface area contributed by atoms with Gasteiger partial charge in [-0.1, -0.05) is 29.3 Å². The summed E-state index contributed by atoms with van der Waals surface area (Å²) in [5.41, 5.74) is 0.640. The number of hydrogen-bond acceptors (Lipinski definition) is 3. The quantitative estimate of drug-likeness (QED) is 0.923. The lowest BCUT2D eigenvalue weighted by atomic mass is 10.1. The summed E-state index contributed by atoms with van der Waals surface area (Å²) in [4.78, 5) is 0. The fourth-order valence-corrected chi connectivity index (χ4v) is 2.67. The molecule has 2 unspecified atom stereocenters. The van der Waals surface area contributed by atoms with E-state index in [0.717, 1.165) is 19.4 Å². The Morgan fingerprint density at radius 2 is 2.17 bits per heavy atom. The van der Waals surface area contributed by atoms with Crippen molar-refractivity contribution in [3.63, 3.8) is 0 Å². The number of nitriles is 1. The van der Waals surface area contributed by atoms with E-state index in [1.54, 1.807) is 18.2 Å². The van der Waals surface area contributed by atoms with Crippen LogP contribution in [0.1, 0.15) is 24.4 Å². The Morgan fingerprint density at radius 3 is 2.72 bits per heavy atom. The third-order valence-electron chi connectivity index (χ3n) is 2.99. The average Bonchev–Trinajstić information content (AvgIpc) is 2.86. The van der Waals surface area contributed by atoms with Crippen molar-refractivity contribution in [3.05, 3.63) is 33.8 Å². The van der Waals surface area contributed by atoms with E-state index in [4.69, 9.17) is 27.9 Å². The molecule has 2 atom stereocenters. The molecule has 0 aromatic heterocycles. The zero-order chi connectivity index (χ0) is 13.0. The van der Waals surface area contributed by atoms with Gasteiger partial charge >= 0.3 is 0 Å². The van der Waals surface area contributed by atoms with Crippen LogP contribution in [0.5, 0.6) is 0 Å². The summed E-state index contributed by atoms with van der Waals surface area (Å²) in [7, 11) is 0. The number of rotatable bonds is 4. The molecule has 96 valence electrons. The van der Waals surface area contributed by atoms with Crippen LogP contribution in [0.15, 0.2) is 18.2 Å². The van der Waals surface area contributed by atoms with Gasteiger partial charge in [0.05, 0.1) is 12.2 Å². The Hall–Kier alpha value is -0.790. The summed E-state index contributed by atoms with van der Waals surface area (Å²) < 4.78 is 5.51. The zero-order valence-corrected chi connectivity index (χ0v) is 11.3. The fourth-order valence-electron chi connectivity index (χ4n) is 2.05. The molecule has 0 saturated carbocycles. The van der Waals surface area contributed by atoms with Crippen molar-refractivity contribution >= 4 is 23.2 Å². The van der Waals surface area contributed by atoms with Gasteiger partial charge in [-0.15, -0.1) is 0 Å². The van der Waals surface area contributed by atoms with Crippen molar-refractivity contribution in [3.8, 4) is 6.07 Å². The van der Waals surface area contributed by atoms with Gasteiger partial charge in [0.25, 0.3) is 0 Å². The van der Waals surface area contributed by atoms with Crippen LogP contribution < -0.4 is 5.32 Å². The van der Waals surface area contributed by atoms with Crippen molar-refractivity contribution < 1.29 is 4.74 Å². The molecular formula is C13H14Cl2N2O. The van der Waals surface area contributed by atoms with E-state index in [1.807, 2.05) is 0 Å². The van der Waals surface area contributed by atoms with Gasteiger partial charge in [-0.25, -0.2) is 0 Å². The molecule has 1 saturated heterocycles. The number of nitrogens with one attached hydrogen (secondary N) is 1. The molecule has 3 nitrogen and oxygen atoms in total. The molecule has 5 heteroatoms. The van der Waals surface area contributed by atoms with Crippen LogP contribution in [0.25, 0.3) is 0 Å². The maximum absolute atomic E-state index is 9.23. The molecule has 1 fully saturated rings. The van der Waals surface area contributed by atoms with E-state index < -0.39 is 6.04 Å². The molecule has 1 aliphatic heterocycles. The van der Waals surface area contributed by atoms with E-state index in [1.165, 1.54) is 0 Å². The molecule has 1 aromatic rings. The highest BCUT2D eigenvalue weighted by atomic mass is 35.5. The van der Waals surface area contributed by atoms with Gasteiger partial charge in [0.2, 0.25) is 0 Å². The maximum Gasteiger partial charge on any atom is 0.124 e. The predicted molar refractivity (Wildman–Crippen MR) is 71.8 cm³/mol. The normalized spacial score (nSPS) is 20.6. The van der Waals surface area contributed by atoms with E-state index in [-0.39, 0.29) is 6.10 Å². The van der Waals surface area contributed by atoms with E-state index in [2.05, 4.69) is 11.4 Å². The maximum atomic E-state index is 9.23. The minimum atomic E-state index is -0.504. The van der Waals surface area contributed by atoms with E-state index >= 15 is 0 Å². The fraction of sp³-hybridized carbons (Fsp3) is 0.462. The van der Waals surface area contributed by atoms with Crippen LogP contribution in [0.4, 0.5) is 0 Å². The van der Waals surface area contributed by atoms with E-state index in [9.17, 15) is 5.26 Å². The summed E-state index contributed by atoms with van der Waals surface area (Å²) in [6, 6.07) is 6.92. The predicted octanol–water partition coefficient (Wildman–Crippen LogP) is 3.33. The summed E-state index contributed by atoms with van der Waals surface area (Å²) in [6.45, 7) is 1.44. The molecule has 1 heterocycles. The Morgan fingerprint density at radius 1 is 1.44 bits per heavy atom. The smallest absolute Gasteiger partial charge is 0.124 e. The Kier molecular flexibility index (Phi) is 4.85. The number of hydrogen-bond donors (Lipinski definition) is 1. The van der Waals surface area contributed by atoms with Crippen LogP contribution in [-0.2, 0) is 4.74 Å². The number of ether oxygens (including phenoxy) is 1. The van der Waals surface area contributed by atoms with Crippen molar-refractivity contribution in [2.75, 3.05) is 13.2 Å². The molecule has 0 radical (unpaired) electrons. The first-order valence-electron chi connectivity index (χ1n) is 5.91. The molecule has 1 aliphatic rings. The van der Waals surface area contributed by atoms with Crippen LogP contribution in [0.3, 0.4) is 0 Å². The van der Waals surface area contributed by atoms with Gasteiger partial charge < -0.3 is 4.74 Å². The highest BCUT2D eigenvalue weighted by Gasteiger charge is 2.21. The zero-order valence-electron chi connectivity index (χ0n) is 9.83. The molecule has 1 aromatic carbocycles. The first-order valence-corrected chi connectivity index (χ1v) is 6.66. The van der Waals surface area contributed by atoms with Gasteiger partial charge in [0.1, 0.15) is 6.04 Å². The van der Waals surface area contributed by atoms with Crippen molar-refractivity contribution in [1.29, 1.82) is 5.26 Å². The minimum absolute atomic E-state index is 0.183. The van der Waals surface area contributed by atoms with Crippen LogP contribution >= 0.6 is 23.2 Å².